The van der Waals surface area contributed by atoms with Crippen molar-refractivity contribution in [3.8, 4) is 6.07 Å². The normalized spacial score (nSPS) is 19.2. The highest BCUT2D eigenvalue weighted by Crippen LogP contribution is 2.21. The highest BCUT2D eigenvalue weighted by molar-refractivity contribution is 5.38. The van der Waals surface area contributed by atoms with Crippen LogP contribution in [0, 0.1) is 17.2 Å². The van der Waals surface area contributed by atoms with Gasteiger partial charge in [-0.3, -0.25) is 0 Å². The predicted molar refractivity (Wildman–Crippen MR) is 98.2 cm³/mol. The van der Waals surface area contributed by atoms with Crippen LogP contribution in [0.4, 0.5) is 0 Å². The van der Waals surface area contributed by atoms with Crippen molar-refractivity contribution in [2.24, 2.45) is 11.7 Å². The van der Waals surface area contributed by atoms with Gasteiger partial charge in [0.05, 0.1) is 0 Å². The largest absolute Gasteiger partial charge is 0.390 e. The Bertz CT molecular complexity index is 634. The third-order valence-corrected chi connectivity index (χ3v) is 3.64. The Labute approximate surface area is 140 Å². The van der Waals surface area contributed by atoms with E-state index in [1.165, 1.54) is 5.70 Å². The van der Waals surface area contributed by atoms with Gasteiger partial charge in [-0.2, -0.15) is 5.26 Å². The van der Waals surface area contributed by atoms with Crippen LogP contribution in [-0.4, -0.2) is 19.0 Å². The maximum Gasteiger partial charge on any atom is 0.117 e. The SMILES string of the molecule is C=C(C)CC(/C=C/C1C=CC(N(C)C)=CC1)=C\C(C)=C(/N)C#N. The fourth-order valence-corrected chi connectivity index (χ4v) is 2.30. The zero-order chi connectivity index (χ0) is 17.4. The van der Waals surface area contributed by atoms with Crippen LogP contribution >= 0.6 is 0 Å². The molecule has 0 saturated heterocycles. The molecule has 1 rings (SSSR count). The molecule has 0 saturated carbocycles. The van der Waals surface area contributed by atoms with Gasteiger partial charge in [0.2, 0.25) is 0 Å². The summed E-state index contributed by atoms with van der Waals surface area (Å²) in [6.07, 6.45) is 14.7. The van der Waals surface area contributed by atoms with Crippen LogP contribution in [0.15, 0.2) is 71.1 Å². The lowest BCUT2D eigenvalue weighted by molar-refractivity contribution is 0.520. The average molecular weight is 309 g/mol. The van der Waals surface area contributed by atoms with Crippen molar-refractivity contribution in [1.82, 2.24) is 4.90 Å². The maximum absolute atomic E-state index is 8.89. The highest BCUT2D eigenvalue weighted by atomic mass is 15.1. The first-order valence-corrected chi connectivity index (χ1v) is 7.78. The lowest BCUT2D eigenvalue weighted by atomic mass is 9.96. The first-order chi connectivity index (χ1) is 10.8. The molecule has 0 heterocycles. The number of hydrogen-bond acceptors (Lipinski definition) is 3. The van der Waals surface area contributed by atoms with Crippen LogP contribution in [0.5, 0.6) is 0 Å². The highest BCUT2D eigenvalue weighted by Gasteiger charge is 2.07. The number of nitrogens with zero attached hydrogens (tertiary/aromatic N) is 2. The van der Waals surface area contributed by atoms with E-state index < -0.39 is 0 Å². The lowest BCUT2D eigenvalue weighted by Gasteiger charge is -2.19. The predicted octanol–water partition coefficient (Wildman–Crippen LogP) is 4.21. The molecule has 2 N–H and O–H groups in total. The topological polar surface area (TPSA) is 53.0 Å². The second-order valence-corrected chi connectivity index (χ2v) is 6.20. The number of hydrogen-bond donors (Lipinski definition) is 1. The van der Waals surface area contributed by atoms with Gasteiger partial charge < -0.3 is 10.6 Å². The van der Waals surface area contributed by atoms with Gasteiger partial charge >= 0.3 is 0 Å². The van der Waals surface area contributed by atoms with Crippen LogP contribution in [0.25, 0.3) is 0 Å². The van der Waals surface area contributed by atoms with E-state index in [2.05, 4.69) is 56.0 Å². The summed E-state index contributed by atoms with van der Waals surface area (Å²) in [4.78, 5) is 2.11. The molecular weight excluding hydrogens is 282 g/mol. The van der Waals surface area contributed by atoms with Crippen LogP contribution in [0.3, 0.4) is 0 Å². The molecule has 0 aromatic rings. The number of allylic oxidation sites excluding steroid dienone is 10. The molecule has 23 heavy (non-hydrogen) atoms. The zero-order valence-corrected chi connectivity index (χ0v) is 14.6. The van der Waals surface area contributed by atoms with Crippen molar-refractivity contribution in [3.05, 3.63) is 71.1 Å². The number of nitrogens with two attached hydrogens (primary N) is 1. The van der Waals surface area contributed by atoms with Gasteiger partial charge in [-0.05, 0) is 49.8 Å². The molecular formula is C20H27N3. The molecule has 0 bridgehead atoms. The van der Waals surface area contributed by atoms with Gasteiger partial charge in [0.25, 0.3) is 0 Å². The third-order valence-electron chi connectivity index (χ3n) is 3.64. The molecule has 0 spiro atoms. The van der Waals surface area contributed by atoms with E-state index in [1.807, 2.05) is 26.0 Å². The molecule has 0 aromatic carbocycles. The Morgan fingerprint density at radius 1 is 1.48 bits per heavy atom. The summed E-state index contributed by atoms with van der Waals surface area (Å²) < 4.78 is 0. The molecule has 1 atom stereocenters. The average Bonchev–Trinajstić information content (AvgIpc) is 2.51. The van der Waals surface area contributed by atoms with Crippen LogP contribution < -0.4 is 5.73 Å². The molecule has 0 aromatic heterocycles. The van der Waals surface area contributed by atoms with Gasteiger partial charge in [0.1, 0.15) is 11.8 Å². The molecule has 1 aliphatic carbocycles. The van der Waals surface area contributed by atoms with Crippen molar-refractivity contribution < 1.29 is 0 Å². The fourth-order valence-electron chi connectivity index (χ4n) is 2.30. The van der Waals surface area contributed by atoms with Crippen molar-refractivity contribution >= 4 is 0 Å². The van der Waals surface area contributed by atoms with Crippen LogP contribution in [0.1, 0.15) is 26.7 Å². The van der Waals surface area contributed by atoms with Crippen molar-refractivity contribution in [2.75, 3.05) is 14.1 Å². The van der Waals surface area contributed by atoms with Gasteiger partial charge in [-0.15, -0.1) is 0 Å². The molecule has 122 valence electrons. The van der Waals surface area contributed by atoms with Gasteiger partial charge in [-0.25, -0.2) is 0 Å². The van der Waals surface area contributed by atoms with E-state index in [1.54, 1.807) is 0 Å². The summed E-state index contributed by atoms with van der Waals surface area (Å²) in [6.45, 7) is 7.83. The minimum Gasteiger partial charge on any atom is -0.390 e. The third kappa shape index (κ3) is 6.44. The first-order valence-electron chi connectivity index (χ1n) is 7.78. The van der Waals surface area contributed by atoms with Crippen LogP contribution in [-0.2, 0) is 0 Å². The zero-order valence-electron chi connectivity index (χ0n) is 14.6. The molecule has 1 unspecified atom stereocenters. The number of nitriles is 1. The van der Waals surface area contributed by atoms with Gasteiger partial charge in [-0.1, -0.05) is 42.5 Å². The Morgan fingerprint density at radius 3 is 2.65 bits per heavy atom. The Hall–Kier alpha value is -2.47. The van der Waals surface area contributed by atoms with Gasteiger partial charge in [0.15, 0.2) is 0 Å². The van der Waals surface area contributed by atoms with E-state index in [4.69, 9.17) is 11.0 Å². The van der Waals surface area contributed by atoms with E-state index in [9.17, 15) is 0 Å². The van der Waals surface area contributed by atoms with Gasteiger partial charge in [0, 0.05) is 19.8 Å². The van der Waals surface area contributed by atoms with E-state index >= 15 is 0 Å². The number of rotatable bonds is 6. The first kappa shape index (κ1) is 18.6. The summed E-state index contributed by atoms with van der Waals surface area (Å²) in [6, 6.07) is 1.99. The molecule has 3 heteroatoms. The van der Waals surface area contributed by atoms with E-state index in [-0.39, 0.29) is 5.70 Å². The second kappa shape index (κ2) is 8.85. The smallest absolute Gasteiger partial charge is 0.117 e. The molecule has 1 aliphatic rings. The Balaban J connectivity index is 2.88. The number of likely N-dealkylation sites (N-methyl/N-ethyl adjacent to an activating group) is 1. The molecule has 0 aliphatic heterocycles. The molecule has 0 amide bonds. The van der Waals surface area contributed by atoms with Crippen LogP contribution in [0.2, 0.25) is 0 Å². The maximum atomic E-state index is 8.89. The second-order valence-electron chi connectivity index (χ2n) is 6.20. The Kier molecular flexibility index (Phi) is 7.15. The summed E-state index contributed by atoms with van der Waals surface area (Å²) in [5, 5.41) is 8.89. The van der Waals surface area contributed by atoms with E-state index in [0.717, 1.165) is 29.6 Å². The quantitative estimate of drug-likeness (QED) is 0.454. The molecule has 0 fully saturated rings. The standard InChI is InChI=1S/C20H27N3/c1-15(2)12-18(13-16(3)20(22)14-21)7-6-17-8-10-19(11-9-17)23(4)5/h6-8,10-11,13,17H,1,9,12,22H2,2-5H3/b7-6+,18-13-,20-16-. The van der Waals surface area contributed by atoms with E-state index in [0.29, 0.717) is 5.92 Å². The fraction of sp³-hybridized carbons (Fsp3) is 0.350. The summed E-state index contributed by atoms with van der Waals surface area (Å²) in [5.41, 5.74) is 10.2. The monoisotopic (exact) mass is 309 g/mol. The lowest BCUT2D eigenvalue weighted by Crippen LogP contribution is -2.12. The van der Waals surface area contributed by atoms with Crippen molar-refractivity contribution in [3.63, 3.8) is 0 Å². The Morgan fingerprint density at radius 2 is 2.17 bits per heavy atom. The minimum absolute atomic E-state index is 0.258. The summed E-state index contributed by atoms with van der Waals surface area (Å²) in [5.74, 6) is 0.393. The minimum atomic E-state index is 0.258. The molecule has 3 nitrogen and oxygen atoms in total. The summed E-state index contributed by atoms with van der Waals surface area (Å²) >= 11 is 0. The van der Waals surface area contributed by atoms with Crippen molar-refractivity contribution in [2.45, 2.75) is 26.7 Å². The molecule has 0 radical (unpaired) electrons. The van der Waals surface area contributed by atoms with Crippen molar-refractivity contribution in [1.29, 1.82) is 5.26 Å². The summed E-state index contributed by atoms with van der Waals surface area (Å²) in [7, 11) is 4.10.